The van der Waals surface area contributed by atoms with Gasteiger partial charge in [0.1, 0.15) is 6.54 Å². The van der Waals surface area contributed by atoms with E-state index in [0.717, 1.165) is 29.7 Å². The van der Waals surface area contributed by atoms with E-state index in [1.807, 2.05) is 48.7 Å². The Balaban J connectivity index is 1.98. The van der Waals surface area contributed by atoms with E-state index in [1.165, 1.54) is 23.5 Å². The van der Waals surface area contributed by atoms with Crippen molar-refractivity contribution >= 4 is 17.2 Å². The number of nitrogens with one attached hydrogen (secondary N) is 1. The number of hydrogen-bond acceptors (Lipinski definition) is 5. The van der Waals surface area contributed by atoms with Crippen molar-refractivity contribution in [3.05, 3.63) is 115 Å². The van der Waals surface area contributed by atoms with Crippen LogP contribution in [0.15, 0.2) is 81.5 Å². The molecule has 1 atom stereocenters. The van der Waals surface area contributed by atoms with E-state index in [4.69, 9.17) is 0 Å². The maximum absolute atomic E-state index is 12.9. The topological polar surface area (TPSA) is 95.1 Å². The zero-order chi connectivity index (χ0) is 23.3. The Hall–Kier alpha value is -3.72. The van der Waals surface area contributed by atoms with E-state index in [-0.39, 0.29) is 13.1 Å². The van der Waals surface area contributed by atoms with Gasteiger partial charge in [-0.1, -0.05) is 48.0 Å². The van der Waals surface area contributed by atoms with E-state index in [2.05, 4.69) is 18.5 Å². The molecule has 3 aromatic rings. The van der Waals surface area contributed by atoms with Crippen molar-refractivity contribution in [1.29, 1.82) is 0 Å². The average Bonchev–Trinajstić information content (AvgIpc) is 3.31. The highest BCUT2D eigenvalue weighted by Gasteiger charge is 2.21. The minimum Gasteiger partial charge on any atom is -0.343 e. The molecule has 1 N–H and O–H groups in total. The second kappa shape index (κ2) is 10.1. The zero-order valence-electron chi connectivity index (χ0n) is 17.7. The predicted octanol–water partition coefficient (Wildman–Crippen LogP) is 1.82. The van der Waals surface area contributed by atoms with Crippen LogP contribution >= 0.6 is 11.3 Å². The molecule has 9 heteroatoms. The number of carbonyl (C=O) groups is 1. The van der Waals surface area contributed by atoms with Crippen LogP contribution < -0.4 is 22.4 Å². The molecule has 0 saturated heterocycles. The highest BCUT2D eigenvalue weighted by atomic mass is 32.1. The van der Waals surface area contributed by atoms with Gasteiger partial charge in [-0.15, -0.1) is 24.5 Å². The van der Waals surface area contributed by atoms with Crippen molar-refractivity contribution in [2.24, 2.45) is 0 Å². The van der Waals surface area contributed by atoms with Crippen LogP contribution in [0.3, 0.4) is 0 Å². The van der Waals surface area contributed by atoms with Gasteiger partial charge in [0.15, 0.2) is 0 Å². The molecule has 0 radical (unpaired) electrons. The summed E-state index contributed by atoms with van der Waals surface area (Å²) in [5.74, 6) is -0.530. The molecule has 3 rings (SSSR count). The highest BCUT2D eigenvalue weighted by Crippen LogP contribution is 2.26. The Morgan fingerprint density at radius 3 is 2.03 bits per heavy atom. The number of aryl methyl sites for hydroxylation is 1. The highest BCUT2D eigenvalue weighted by molar-refractivity contribution is 7.10. The number of thiophene rings is 1. The molecule has 0 bridgehead atoms. The Bertz CT molecular complexity index is 1250. The molecule has 1 aromatic carbocycles. The molecule has 2 aromatic heterocycles. The SMILES string of the molecule is C=CCn1c(=O)n(CC=C)c(=O)n(CC(=O)NC(c2ccc(C)cc2)c2cccs2)c1=O. The maximum Gasteiger partial charge on any atom is 0.337 e. The quantitative estimate of drug-likeness (QED) is 0.501. The van der Waals surface area contributed by atoms with Crippen LogP contribution in [0, 0.1) is 6.92 Å². The Morgan fingerprint density at radius 1 is 0.969 bits per heavy atom. The molecular weight excluding hydrogens is 428 g/mol. The summed E-state index contributed by atoms with van der Waals surface area (Å²) in [5.41, 5.74) is -0.535. The lowest BCUT2D eigenvalue weighted by Crippen LogP contribution is -2.55. The fourth-order valence-electron chi connectivity index (χ4n) is 3.27. The van der Waals surface area contributed by atoms with Crippen LogP contribution in [0.4, 0.5) is 0 Å². The molecule has 32 heavy (non-hydrogen) atoms. The molecule has 1 amide bonds. The summed E-state index contributed by atoms with van der Waals surface area (Å²) in [7, 11) is 0. The van der Waals surface area contributed by atoms with Gasteiger partial charge in [0.05, 0.1) is 19.1 Å². The van der Waals surface area contributed by atoms with E-state index in [0.29, 0.717) is 0 Å². The fourth-order valence-corrected chi connectivity index (χ4v) is 4.07. The number of hydrogen-bond donors (Lipinski definition) is 1. The van der Waals surface area contributed by atoms with Crippen LogP contribution in [0.1, 0.15) is 22.0 Å². The summed E-state index contributed by atoms with van der Waals surface area (Å²) in [6.45, 7) is 8.36. The summed E-state index contributed by atoms with van der Waals surface area (Å²) in [6, 6.07) is 11.1. The van der Waals surface area contributed by atoms with Crippen LogP contribution in [0.2, 0.25) is 0 Å². The fraction of sp³-hybridized carbons (Fsp3) is 0.217. The summed E-state index contributed by atoms with van der Waals surface area (Å²) in [6.07, 6.45) is 2.75. The van der Waals surface area contributed by atoms with Crippen molar-refractivity contribution in [3.8, 4) is 0 Å². The third-order valence-corrected chi connectivity index (χ3v) is 5.79. The number of aromatic nitrogens is 3. The van der Waals surface area contributed by atoms with Gasteiger partial charge in [0.25, 0.3) is 0 Å². The van der Waals surface area contributed by atoms with Crippen LogP contribution in [0.25, 0.3) is 0 Å². The lowest BCUT2D eigenvalue weighted by atomic mass is 10.0. The van der Waals surface area contributed by atoms with Gasteiger partial charge in [0.2, 0.25) is 5.91 Å². The molecule has 0 aliphatic heterocycles. The minimum atomic E-state index is -0.863. The van der Waals surface area contributed by atoms with Gasteiger partial charge in [-0.3, -0.25) is 4.79 Å². The van der Waals surface area contributed by atoms with Crippen LogP contribution in [-0.4, -0.2) is 19.6 Å². The van der Waals surface area contributed by atoms with Crippen LogP contribution in [-0.2, 0) is 24.4 Å². The molecule has 1 unspecified atom stereocenters. The van der Waals surface area contributed by atoms with Crippen molar-refractivity contribution < 1.29 is 4.79 Å². The van der Waals surface area contributed by atoms with Crippen molar-refractivity contribution in [2.45, 2.75) is 32.6 Å². The van der Waals surface area contributed by atoms with Gasteiger partial charge < -0.3 is 5.32 Å². The Kier molecular flexibility index (Phi) is 7.21. The van der Waals surface area contributed by atoms with Crippen LogP contribution in [0.5, 0.6) is 0 Å². The molecule has 0 saturated carbocycles. The number of rotatable bonds is 9. The number of carbonyl (C=O) groups excluding carboxylic acids is 1. The lowest BCUT2D eigenvalue weighted by molar-refractivity contribution is -0.122. The number of nitrogens with zero attached hydrogens (tertiary/aromatic N) is 3. The Labute approximate surface area is 188 Å². The molecule has 166 valence electrons. The van der Waals surface area contributed by atoms with E-state index >= 15 is 0 Å². The largest absolute Gasteiger partial charge is 0.343 e. The first kappa shape index (κ1) is 23.0. The van der Waals surface area contributed by atoms with Gasteiger partial charge in [-0.2, -0.15) is 0 Å². The summed E-state index contributed by atoms with van der Waals surface area (Å²) in [4.78, 5) is 51.9. The van der Waals surface area contributed by atoms with Gasteiger partial charge in [0, 0.05) is 4.88 Å². The van der Waals surface area contributed by atoms with E-state index in [9.17, 15) is 19.2 Å². The molecule has 0 fully saturated rings. The van der Waals surface area contributed by atoms with Gasteiger partial charge >= 0.3 is 17.1 Å². The Morgan fingerprint density at radius 2 is 1.53 bits per heavy atom. The van der Waals surface area contributed by atoms with E-state index < -0.39 is 35.6 Å². The monoisotopic (exact) mass is 452 g/mol. The normalized spacial score (nSPS) is 11.7. The zero-order valence-corrected chi connectivity index (χ0v) is 18.5. The minimum absolute atomic E-state index is 0.0854. The molecule has 0 aliphatic carbocycles. The molecular formula is C23H24N4O4S. The molecule has 0 spiro atoms. The predicted molar refractivity (Wildman–Crippen MR) is 125 cm³/mol. The second-order valence-electron chi connectivity index (χ2n) is 7.16. The van der Waals surface area contributed by atoms with Gasteiger partial charge in [-0.05, 0) is 23.9 Å². The molecule has 8 nitrogen and oxygen atoms in total. The summed E-state index contributed by atoms with van der Waals surface area (Å²) >= 11 is 1.49. The second-order valence-corrected chi connectivity index (χ2v) is 8.14. The summed E-state index contributed by atoms with van der Waals surface area (Å²) in [5, 5.41) is 4.82. The molecule has 0 aliphatic rings. The maximum atomic E-state index is 12.9. The van der Waals surface area contributed by atoms with E-state index in [1.54, 1.807) is 0 Å². The van der Waals surface area contributed by atoms with Crippen molar-refractivity contribution in [2.75, 3.05) is 0 Å². The lowest BCUT2D eigenvalue weighted by Gasteiger charge is -2.19. The first-order valence-corrected chi connectivity index (χ1v) is 10.8. The number of allylic oxidation sites excluding steroid dienone is 2. The van der Waals surface area contributed by atoms with Crippen molar-refractivity contribution in [3.63, 3.8) is 0 Å². The standard InChI is InChI=1S/C23H24N4O4S/c1-4-12-25-21(29)26(13-5-2)23(31)27(22(25)30)15-19(28)24-20(18-7-6-14-32-18)17-10-8-16(3)9-11-17/h4-11,14,20H,1-2,12-13,15H2,3H3,(H,24,28). The van der Waals surface area contributed by atoms with Crippen molar-refractivity contribution in [1.82, 2.24) is 19.0 Å². The summed E-state index contributed by atoms with van der Waals surface area (Å²) < 4.78 is 2.48. The molecule has 2 heterocycles. The first-order chi connectivity index (χ1) is 15.4. The van der Waals surface area contributed by atoms with Gasteiger partial charge in [-0.25, -0.2) is 28.1 Å². The smallest absolute Gasteiger partial charge is 0.337 e. The number of benzene rings is 1. The number of amides is 1. The first-order valence-electron chi connectivity index (χ1n) is 9.93. The average molecular weight is 453 g/mol. The third kappa shape index (κ3) is 4.78. The third-order valence-electron chi connectivity index (χ3n) is 4.85.